The number of hydrogen-bond donors (Lipinski definition) is 3. The summed E-state index contributed by atoms with van der Waals surface area (Å²) < 4.78 is 91.9. The van der Waals surface area contributed by atoms with Crippen molar-refractivity contribution in [2.45, 2.75) is 25.7 Å². The number of halogens is 3. The van der Waals surface area contributed by atoms with Crippen LogP contribution in [-0.4, -0.2) is 38.1 Å². The van der Waals surface area contributed by atoms with Gasteiger partial charge < -0.3 is 16.2 Å². The number of benzene rings is 2. The van der Waals surface area contributed by atoms with Gasteiger partial charge in [0.15, 0.2) is 5.65 Å². The summed E-state index contributed by atoms with van der Waals surface area (Å²) in [4.78, 5) is 16.9. The molecule has 2 aromatic heterocycles. The summed E-state index contributed by atoms with van der Waals surface area (Å²) in [5.74, 6) is -6.76. The van der Waals surface area contributed by atoms with E-state index in [0.717, 1.165) is 36.4 Å². The van der Waals surface area contributed by atoms with Gasteiger partial charge in [-0.05, 0) is 42.5 Å². The number of aliphatic hydroxyl groups is 1. The minimum absolute atomic E-state index is 0.0493. The second kappa shape index (κ2) is 8.79. The van der Waals surface area contributed by atoms with Gasteiger partial charge in [-0.1, -0.05) is 42.0 Å². The average Bonchev–Trinajstić information content (AvgIpc) is 3.24. The number of carbonyl (C=O) groups is 1. The monoisotopic (exact) mass is 475 g/mol. The molecular formula is C24H22F3N5O2. The number of nitrogens with zero attached hydrogens (tertiary/aromatic N) is 3. The van der Waals surface area contributed by atoms with Crippen molar-refractivity contribution in [1.82, 2.24) is 19.9 Å². The molecule has 4 rings (SSSR count). The summed E-state index contributed by atoms with van der Waals surface area (Å²) in [6, 6.07) is 9.10. The second-order valence-corrected chi connectivity index (χ2v) is 7.51. The van der Waals surface area contributed by atoms with Crippen LogP contribution in [0.5, 0.6) is 0 Å². The van der Waals surface area contributed by atoms with E-state index in [-0.39, 0.29) is 33.8 Å². The summed E-state index contributed by atoms with van der Waals surface area (Å²) >= 11 is 0. The molecule has 1 atom stereocenters. The lowest BCUT2D eigenvalue weighted by molar-refractivity contribution is -0.106. The van der Waals surface area contributed by atoms with Gasteiger partial charge in [-0.15, -0.1) is 5.10 Å². The number of amides is 1. The van der Waals surface area contributed by atoms with Gasteiger partial charge in [0.05, 0.1) is 12.1 Å². The van der Waals surface area contributed by atoms with Crippen LogP contribution >= 0.6 is 0 Å². The molecule has 2 heterocycles. The van der Waals surface area contributed by atoms with Crippen molar-refractivity contribution >= 4 is 17.5 Å². The molecule has 34 heavy (non-hydrogen) atoms. The maximum absolute atomic E-state index is 15.7. The van der Waals surface area contributed by atoms with E-state index >= 15 is 4.39 Å². The fourth-order valence-electron chi connectivity index (χ4n) is 3.38. The van der Waals surface area contributed by atoms with Crippen LogP contribution in [0.1, 0.15) is 41.4 Å². The third kappa shape index (κ3) is 4.44. The lowest BCUT2D eigenvalue weighted by atomic mass is 9.98. The molecule has 176 valence electrons. The molecule has 7 nitrogen and oxygen atoms in total. The normalized spacial score (nSPS) is 16.0. The first-order valence-corrected chi connectivity index (χ1v) is 9.89. The highest BCUT2D eigenvalue weighted by atomic mass is 19.3. The Bertz CT molecular complexity index is 1570. The molecule has 4 aromatic rings. The molecule has 4 N–H and O–H groups in total. The molecule has 2 aromatic carbocycles. The van der Waals surface area contributed by atoms with Crippen LogP contribution < -0.4 is 11.1 Å². The zero-order chi connectivity index (χ0) is 29.6. The minimum Gasteiger partial charge on any atom is -0.382 e. The maximum Gasteiger partial charge on any atom is 0.294 e. The number of aliphatic hydroxyl groups excluding tert-OH is 1. The van der Waals surface area contributed by atoms with Crippen LogP contribution in [0.3, 0.4) is 0 Å². The molecule has 1 amide bonds. The van der Waals surface area contributed by atoms with Crippen LogP contribution in [0.4, 0.5) is 19.1 Å². The van der Waals surface area contributed by atoms with E-state index in [1.807, 2.05) is 5.32 Å². The van der Waals surface area contributed by atoms with Crippen molar-refractivity contribution in [2.75, 3.05) is 12.3 Å². The first-order chi connectivity index (χ1) is 18.5. The number of rotatable bonds is 6. The molecule has 0 bridgehead atoms. The van der Waals surface area contributed by atoms with Gasteiger partial charge in [0, 0.05) is 20.0 Å². The van der Waals surface area contributed by atoms with E-state index in [2.05, 4.69) is 10.1 Å². The predicted octanol–water partition coefficient (Wildman–Crippen LogP) is 3.83. The van der Waals surface area contributed by atoms with E-state index in [1.165, 1.54) is 22.8 Å². The van der Waals surface area contributed by atoms with Crippen LogP contribution in [0.25, 0.3) is 16.8 Å². The Morgan fingerprint density at radius 3 is 2.71 bits per heavy atom. The molecule has 0 aliphatic rings. The molecule has 0 aliphatic heterocycles. The SMILES string of the molecule is [2H]C([2H])([2H])c1ccc(C(O)C(F)(F)CNC(=O)c2c(C([2H])([2H])[2H])ccc(-c3ccn4nc(N)nc4c3)c2F)cc1. The number of hydrogen-bond acceptors (Lipinski definition) is 5. The van der Waals surface area contributed by atoms with Gasteiger partial charge in [0.1, 0.15) is 11.9 Å². The van der Waals surface area contributed by atoms with Gasteiger partial charge >= 0.3 is 0 Å². The van der Waals surface area contributed by atoms with E-state index in [1.54, 1.807) is 0 Å². The molecule has 0 fully saturated rings. The third-order valence-corrected chi connectivity index (χ3v) is 5.15. The first-order valence-electron chi connectivity index (χ1n) is 12.9. The Morgan fingerprint density at radius 2 is 2.00 bits per heavy atom. The Balaban J connectivity index is 1.63. The van der Waals surface area contributed by atoms with Crippen LogP contribution in [0, 0.1) is 19.5 Å². The lowest BCUT2D eigenvalue weighted by Gasteiger charge is -2.23. The molecule has 0 saturated heterocycles. The van der Waals surface area contributed by atoms with Gasteiger partial charge in [-0.2, -0.15) is 4.98 Å². The zero-order valence-electron chi connectivity index (χ0n) is 23.4. The van der Waals surface area contributed by atoms with Crippen molar-refractivity contribution < 1.29 is 31.3 Å². The number of fused-ring (bicyclic) bond motifs is 1. The molecule has 0 aliphatic carbocycles. The number of nitrogen functional groups attached to an aromatic ring is 1. The summed E-state index contributed by atoms with van der Waals surface area (Å²) in [7, 11) is 0. The van der Waals surface area contributed by atoms with E-state index in [0.29, 0.717) is 0 Å². The molecule has 1 unspecified atom stereocenters. The Kier molecular flexibility index (Phi) is 4.30. The molecule has 0 saturated carbocycles. The third-order valence-electron chi connectivity index (χ3n) is 5.15. The van der Waals surface area contributed by atoms with Crippen molar-refractivity contribution in [3.05, 3.63) is 82.8 Å². The van der Waals surface area contributed by atoms with E-state index < -0.39 is 55.1 Å². The van der Waals surface area contributed by atoms with Crippen LogP contribution in [0.15, 0.2) is 54.7 Å². The second-order valence-electron chi connectivity index (χ2n) is 7.51. The van der Waals surface area contributed by atoms with Gasteiger partial charge in [-0.25, -0.2) is 17.7 Å². The Hall–Kier alpha value is -3.92. The number of aryl methyl sites for hydroxylation is 2. The number of nitrogens with one attached hydrogen (secondary N) is 1. The highest BCUT2D eigenvalue weighted by Crippen LogP contribution is 2.32. The molecular weight excluding hydrogens is 447 g/mol. The van der Waals surface area contributed by atoms with Crippen molar-refractivity contribution in [2.24, 2.45) is 0 Å². The fourth-order valence-corrected chi connectivity index (χ4v) is 3.38. The minimum atomic E-state index is -4.00. The predicted molar refractivity (Wildman–Crippen MR) is 121 cm³/mol. The number of pyridine rings is 1. The number of aromatic nitrogens is 3. The van der Waals surface area contributed by atoms with Crippen molar-refractivity contribution in [3.63, 3.8) is 0 Å². The summed E-state index contributed by atoms with van der Waals surface area (Å²) in [6.07, 6.45) is -1.05. The number of carbonyl (C=O) groups excluding carboxylic acids is 1. The summed E-state index contributed by atoms with van der Waals surface area (Å²) in [6.45, 7) is -6.93. The summed E-state index contributed by atoms with van der Waals surface area (Å²) in [5, 5.41) is 15.9. The first kappa shape index (κ1) is 16.7. The Morgan fingerprint density at radius 1 is 1.24 bits per heavy atom. The highest BCUT2D eigenvalue weighted by Gasteiger charge is 2.40. The van der Waals surface area contributed by atoms with E-state index in [9.17, 15) is 18.7 Å². The number of alkyl halides is 2. The molecule has 10 heteroatoms. The van der Waals surface area contributed by atoms with Crippen molar-refractivity contribution in [1.29, 1.82) is 0 Å². The number of anilines is 1. The van der Waals surface area contributed by atoms with Gasteiger partial charge in [0.2, 0.25) is 5.95 Å². The standard InChI is InChI=1S/C24H22F3N5O2/c1-13-3-6-15(7-4-13)21(33)24(26,27)12-29-22(34)19-14(2)5-8-17(20(19)25)16-9-10-32-18(11-16)30-23(28)31-32/h3-11,21,33H,12H2,1-2H3,(H2,28,31)(H,29,34)/i1D3,2D3. The van der Waals surface area contributed by atoms with Gasteiger partial charge in [-0.3, -0.25) is 4.79 Å². The molecule has 0 spiro atoms. The van der Waals surface area contributed by atoms with Gasteiger partial charge in [0.25, 0.3) is 11.8 Å². The average molecular weight is 476 g/mol. The largest absolute Gasteiger partial charge is 0.382 e. The smallest absolute Gasteiger partial charge is 0.294 e. The lowest BCUT2D eigenvalue weighted by Crippen LogP contribution is -2.41. The van der Waals surface area contributed by atoms with E-state index in [4.69, 9.17) is 14.0 Å². The maximum atomic E-state index is 15.7. The quantitative estimate of drug-likeness (QED) is 0.393. The molecule has 0 radical (unpaired) electrons. The van der Waals surface area contributed by atoms with Crippen LogP contribution in [0.2, 0.25) is 0 Å². The topological polar surface area (TPSA) is 106 Å². The highest BCUT2D eigenvalue weighted by molar-refractivity contribution is 5.97. The Labute approximate surface area is 201 Å². The zero-order valence-corrected chi connectivity index (χ0v) is 17.4. The fraction of sp³-hybridized carbons (Fsp3) is 0.208. The number of nitrogens with two attached hydrogens (primary N) is 1. The summed E-state index contributed by atoms with van der Waals surface area (Å²) in [5.41, 5.74) is 3.65. The van der Waals surface area contributed by atoms with Crippen LogP contribution in [-0.2, 0) is 0 Å². The van der Waals surface area contributed by atoms with Crippen molar-refractivity contribution in [3.8, 4) is 11.1 Å².